The molecule has 2 saturated heterocycles. The molecule has 1 amide bonds. The molecule has 2 aliphatic heterocycles. The van der Waals surface area contributed by atoms with Crippen LogP contribution in [0.2, 0.25) is 0 Å². The van der Waals surface area contributed by atoms with Crippen LogP contribution in [-0.2, 0) is 20.9 Å². The molecular formula is C20H28N2O3. The van der Waals surface area contributed by atoms with Crippen LogP contribution in [0.4, 0.5) is 0 Å². The summed E-state index contributed by atoms with van der Waals surface area (Å²) in [6.07, 6.45) is 2.12. The van der Waals surface area contributed by atoms with Crippen molar-refractivity contribution in [2.45, 2.75) is 19.4 Å². The lowest BCUT2D eigenvalue weighted by molar-refractivity contribution is -0.122. The summed E-state index contributed by atoms with van der Waals surface area (Å²) < 4.78 is 11.6. The van der Waals surface area contributed by atoms with Gasteiger partial charge in [-0.25, -0.2) is 0 Å². The Bertz CT molecular complexity index is 590. The number of amides is 1. The Morgan fingerprint density at radius 1 is 1.32 bits per heavy atom. The summed E-state index contributed by atoms with van der Waals surface area (Å²) in [5.41, 5.74) is 1.32. The number of rotatable bonds is 8. The molecule has 0 unspecified atom stereocenters. The van der Waals surface area contributed by atoms with E-state index in [0.717, 1.165) is 58.8 Å². The van der Waals surface area contributed by atoms with Gasteiger partial charge in [-0.15, -0.1) is 0 Å². The molecule has 1 saturated carbocycles. The van der Waals surface area contributed by atoms with E-state index in [1.54, 1.807) is 0 Å². The molecule has 1 aliphatic carbocycles. The van der Waals surface area contributed by atoms with Crippen LogP contribution >= 0.6 is 0 Å². The highest BCUT2D eigenvalue weighted by Gasteiger charge is 2.50. The summed E-state index contributed by atoms with van der Waals surface area (Å²) in [5.74, 6) is 1.05. The van der Waals surface area contributed by atoms with Crippen molar-refractivity contribution in [1.29, 1.82) is 0 Å². The molecule has 136 valence electrons. The van der Waals surface area contributed by atoms with Crippen LogP contribution in [-0.4, -0.2) is 56.8 Å². The van der Waals surface area contributed by atoms with E-state index in [9.17, 15) is 4.79 Å². The van der Waals surface area contributed by atoms with Crippen molar-refractivity contribution in [1.82, 2.24) is 10.2 Å². The Morgan fingerprint density at radius 2 is 2.16 bits per heavy atom. The third-order valence-electron chi connectivity index (χ3n) is 5.82. The third-order valence-corrected chi connectivity index (χ3v) is 5.82. The number of hydrogen-bond donors (Lipinski definition) is 1. The van der Waals surface area contributed by atoms with Gasteiger partial charge in [-0.05, 0) is 18.4 Å². The molecule has 4 rings (SSSR count). The van der Waals surface area contributed by atoms with Gasteiger partial charge in [0.05, 0.1) is 26.4 Å². The van der Waals surface area contributed by atoms with E-state index in [2.05, 4.69) is 22.3 Å². The summed E-state index contributed by atoms with van der Waals surface area (Å²) in [4.78, 5) is 14.5. The van der Waals surface area contributed by atoms with E-state index < -0.39 is 0 Å². The second-order valence-corrected chi connectivity index (χ2v) is 7.84. The first-order valence-corrected chi connectivity index (χ1v) is 9.45. The number of fused-ring (bicyclic) bond motifs is 1. The summed E-state index contributed by atoms with van der Waals surface area (Å²) >= 11 is 0. The van der Waals surface area contributed by atoms with Crippen LogP contribution in [0.5, 0.6) is 0 Å². The maximum atomic E-state index is 12.0. The molecule has 1 aromatic carbocycles. The van der Waals surface area contributed by atoms with Gasteiger partial charge in [0.1, 0.15) is 0 Å². The van der Waals surface area contributed by atoms with E-state index in [4.69, 9.17) is 9.47 Å². The number of benzene rings is 1. The van der Waals surface area contributed by atoms with Gasteiger partial charge in [-0.3, -0.25) is 9.69 Å². The summed E-state index contributed by atoms with van der Waals surface area (Å²) in [7, 11) is 0. The van der Waals surface area contributed by atoms with Crippen molar-refractivity contribution >= 4 is 5.91 Å². The molecular weight excluding hydrogens is 316 g/mol. The SMILES string of the molecule is O=C(NC[C@]12COC[C@H]1CN(CCOCc1ccccc1)C2)C1CC1. The maximum absolute atomic E-state index is 12.0. The Hall–Kier alpha value is -1.43. The molecule has 1 N–H and O–H groups in total. The van der Waals surface area contributed by atoms with E-state index in [1.807, 2.05) is 18.2 Å². The normalized spacial score (nSPS) is 28.9. The first kappa shape index (κ1) is 17.0. The number of likely N-dealkylation sites (tertiary alicyclic amines) is 1. The number of nitrogens with zero attached hydrogens (tertiary/aromatic N) is 1. The molecule has 5 nitrogen and oxygen atoms in total. The first-order chi connectivity index (χ1) is 12.3. The molecule has 0 aromatic heterocycles. The fraction of sp³-hybridized carbons (Fsp3) is 0.650. The van der Waals surface area contributed by atoms with Crippen LogP contribution < -0.4 is 5.32 Å². The molecule has 0 spiro atoms. The standard InChI is InChI=1S/C20H28N2O3/c23-19(17-6-7-17)21-13-20-14-22(10-18(20)12-25-15-20)8-9-24-11-16-4-2-1-3-5-16/h1-5,17-18H,6-15H2,(H,21,23)/t18-,20+/m1/s1. The molecule has 0 radical (unpaired) electrons. The number of carbonyl (C=O) groups excluding carboxylic acids is 1. The van der Waals surface area contributed by atoms with Gasteiger partial charge in [0.15, 0.2) is 0 Å². The van der Waals surface area contributed by atoms with Crippen molar-refractivity contribution in [3.8, 4) is 0 Å². The molecule has 2 atom stereocenters. The number of nitrogens with one attached hydrogen (secondary N) is 1. The lowest BCUT2D eigenvalue weighted by Gasteiger charge is -2.27. The van der Waals surface area contributed by atoms with Gasteiger partial charge in [-0.2, -0.15) is 0 Å². The van der Waals surface area contributed by atoms with Gasteiger partial charge in [-0.1, -0.05) is 30.3 Å². The fourth-order valence-corrected chi connectivity index (χ4v) is 4.07. The van der Waals surface area contributed by atoms with Crippen molar-refractivity contribution in [2.75, 3.05) is 46.0 Å². The summed E-state index contributed by atoms with van der Waals surface area (Å²) in [6.45, 7) is 6.75. The highest BCUT2D eigenvalue weighted by atomic mass is 16.5. The second kappa shape index (κ2) is 7.44. The number of hydrogen-bond acceptors (Lipinski definition) is 4. The van der Waals surface area contributed by atoms with Crippen molar-refractivity contribution < 1.29 is 14.3 Å². The van der Waals surface area contributed by atoms with Gasteiger partial charge < -0.3 is 14.8 Å². The highest BCUT2D eigenvalue weighted by Crippen LogP contribution is 2.41. The Balaban J connectivity index is 1.22. The quantitative estimate of drug-likeness (QED) is 0.729. The summed E-state index contributed by atoms with van der Waals surface area (Å²) in [5, 5.41) is 3.18. The van der Waals surface area contributed by atoms with Crippen LogP contribution in [0.25, 0.3) is 0 Å². The van der Waals surface area contributed by atoms with Gasteiger partial charge >= 0.3 is 0 Å². The zero-order valence-electron chi connectivity index (χ0n) is 14.8. The number of carbonyl (C=O) groups is 1. The zero-order chi connectivity index (χ0) is 17.1. The highest BCUT2D eigenvalue weighted by molar-refractivity contribution is 5.80. The largest absolute Gasteiger partial charge is 0.380 e. The van der Waals surface area contributed by atoms with E-state index in [0.29, 0.717) is 12.5 Å². The lowest BCUT2D eigenvalue weighted by atomic mass is 9.81. The van der Waals surface area contributed by atoms with Crippen molar-refractivity contribution in [3.05, 3.63) is 35.9 Å². The van der Waals surface area contributed by atoms with Crippen LogP contribution in [0, 0.1) is 17.3 Å². The fourth-order valence-electron chi connectivity index (χ4n) is 4.07. The minimum absolute atomic E-state index is 0.101. The third kappa shape index (κ3) is 4.05. The topological polar surface area (TPSA) is 50.8 Å². The Morgan fingerprint density at radius 3 is 2.96 bits per heavy atom. The Kier molecular flexibility index (Phi) is 5.06. The van der Waals surface area contributed by atoms with E-state index in [1.165, 1.54) is 5.56 Å². The van der Waals surface area contributed by atoms with Gasteiger partial charge in [0.25, 0.3) is 0 Å². The lowest BCUT2D eigenvalue weighted by Crippen LogP contribution is -2.43. The predicted octanol–water partition coefficient (Wildman–Crippen LogP) is 1.68. The number of ether oxygens (including phenoxy) is 2. The monoisotopic (exact) mass is 344 g/mol. The first-order valence-electron chi connectivity index (χ1n) is 9.45. The molecule has 0 bridgehead atoms. The van der Waals surface area contributed by atoms with Crippen LogP contribution in [0.3, 0.4) is 0 Å². The molecule has 1 aromatic rings. The summed E-state index contributed by atoms with van der Waals surface area (Å²) in [6, 6.07) is 10.3. The molecule has 25 heavy (non-hydrogen) atoms. The molecule has 2 heterocycles. The van der Waals surface area contributed by atoms with Crippen molar-refractivity contribution in [2.24, 2.45) is 17.3 Å². The molecule has 5 heteroatoms. The van der Waals surface area contributed by atoms with Crippen molar-refractivity contribution in [3.63, 3.8) is 0 Å². The minimum atomic E-state index is 0.101. The zero-order valence-corrected chi connectivity index (χ0v) is 14.8. The Labute approximate surface area is 149 Å². The van der Waals surface area contributed by atoms with Crippen LogP contribution in [0.1, 0.15) is 18.4 Å². The smallest absolute Gasteiger partial charge is 0.223 e. The average Bonchev–Trinajstić information content (AvgIpc) is 3.32. The second-order valence-electron chi connectivity index (χ2n) is 7.84. The molecule has 3 fully saturated rings. The van der Waals surface area contributed by atoms with E-state index in [-0.39, 0.29) is 17.2 Å². The van der Waals surface area contributed by atoms with Gasteiger partial charge in [0.2, 0.25) is 5.91 Å². The maximum Gasteiger partial charge on any atom is 0.223 e. The minimum Gasteiger partial charge on any atom is -0.380 e. The average molecular weight is 344 g/mol. The van der Waals surface area contributed by atoms with E-state index >= 15 is 0 Å². The predicted molar refractivity (Wildman–Crippen MR) is 95.0 cm³/mol. The molecule has 3 aliphatic rings. The van der Waals surface area contributed by atoms with Crippen LogP contribution in [0.15, 0.2) is 30.3 Å². The van der Waals surface area contributed by atoms with Gasteiger partial charge in [0, 0.05) is 43.4 Å².